The molecule has 0 radical (unpaired) electrons. The Balaban J connectivity index is 2.51. The van der Waals surface area contributed by atoms with Gasteiger partial charge in [0.05, 0.1) is 10.5 Å². The molecule has 1 heterocycles. The molecule has 0 aliphatic heterocycles. The maximum atomic E-state index is 11.5. The van der Waals surface area contributed by atoms with E-state index in [0.29, 0.717) is 11.3 Å². The Kier molecular flexibility index (Phi) is 3.26. The highest BCUT2D eigenvalue weighted by Gasteiger charge is 2.09. The number of aromatic nitrogens is 1. The maximum absolute atomic E-state index is 11.5. The number of hydrogen-bond donors (Lipinski definition) is 0. The summed E-state index contributed by atoms with van der Waals surface area (Å²) in [7, 11) is 1.54. The van der Waals surface area contributed by atoms with Crippen LogP contribution < -0.4 is 9.47 Å². The van der Waals surface area contributed by atoms with Crippen molar-refractivity contribution in [3.05, 3.63) is 40.1 Å². The van der Waals surface area contributed by atoms with Gasteiger partial charge in [-0.2, -0.15) is 4.73 Å². The first kappa shape index (κ1) is 11.2. The van der Waals surface area contributed by atoms with Crippen LogP contribution in [0.25, 0.3) is 10.9 Å². The second-order valence-corrected chi connectivity index (χ2v) is 4.08. The summed E-state index contributed by atoms with van der Waals surface area (Å²) in [4.78, 5) is 0. The lowest BCUT2D eigenvalue weighted by molar-refractivity contribution is -0.577. The Morgan fingerprint density at radius 1 is 1.44 bits per heavy atom. The Morgan fingerprint density at radius 2 is 2.25 bits per heavy atom. The van der Waals surface area contributed by atoms with Crippen LogP contribution in [0.3, 0.4) is 0 Å². The van der Waals surface area contributed by atoms with Gasteiger partial charge in [-0.1, -0.05) is 0 Å². The zero-order valence-corrected chi connectivity index (χ0v) is 10.2. The van der Waals surface area contributed by atoms with Gasteiger partial charge in [-0.15, -0.1) is 0 Å². The SMILES string of the molecule is COCOc1cc2c(ccc[n+]2[O-])cc1Br. The van der Waals surface area contributed by atoms with E-state index in [-0.39, 0.29) is 6.79 Å². The molecule has 0 aliphatic carbocycles. The van der Waals surface area contributed by atoms with E-state index in [2.05, 4.69) is 15.9 Å². The van der Waals surface area contributed by atoms with E-state index >= 15 is 0 Å². The van der Waals surface area contributed by atoms with E-state index in [9.17, 15) is 5.21 Å². The standard InChI is InChI=1S/C11H10BrNO3/c1-15-7-16-11-6-10-8(5-9(11)12)3-2-4-13(10)14/h2-6H,7H2,1H3. The van der Waals surface area contributed by atoms with Crippen LogP contribution in [-0.2, 0) is 4.74 Å². The Hall–Kier alpha value is -1.33. The molecule has 0 saturated carbocycles. The third-order valence-corrected chi connectivity index (χ3v) is 2.77. The molecule has 0 spiro atoms. The van der Waals surface area contributed by atoms with Gasteiger partial charge >= 0.3 is 0 Å². The minimum atomic E-state index is 0.149. The number of pyridine rings is 1. The number of fused-ring (bicyclic) bond motifs is 1. The Bertz CT molecular complexity index is 516. The van der Waals surface area contributed by atoms with Crippen LogP contribution in [0.15, 0.2) is 34.9 Å². The fraction of sp³-hybridized carbons (Fsp3) is 0.182. The van der Waals surface area contributed by atoms with Gasteiger partial charge in [-0.3, -0.25) is 0 Å². The zero-order chi connectivity index (χ0) is 11.5. The van der Waals surface area contributed by atoms with Gasteiger partial charge in [-0.05, 0) is 28.1 Å². The van der Waals surface area contributed by atoms with Gasteiger partial charge in [0.15, 0.2) is 13.0 Å². The Morgan fingerprint density at radius 3 is 3.00 bits per heavy atom. The molecule has 2 rings (SSSR count). The van der Waals surface area contributed by atoms with Crippen LogP contribution in [0.1, 0.15) is 0 Å². The van der Waals surface area contributed by atoms with Gasteiger partial charge in [0.25, 0.3) is 0 Å². The summed E-state index contributed by atoms with van der Waals surface area (Å²) in [5, 5.41) is 12.4. The molecular weight excluding hydrogens is 274 g/mol. The van der Waals surface area contributed by atoms with Crippen molar-refractivity contribution in [1.82, 2.24) is 0 Å². The third kappa shape index (κ3) is 2.10. The second-order valence-electron chi connectivity index (χ2n) is 3.23. The zero-order valence-electron chi connectivity index (χ0n) is 8.64. The van der Waals surface area contributed by atoms with Crippen molar-refractivity contribution in [3.63, 3.8) is 0 Å². The molecule has 0 unspecified atom stereocenters. The lowest BCUT2D eigenvalue weighted by atomic mass is 10.2. The summed E-state index contributed by atoms with van der Waals surface area (Å²) in [6.07, 6.45) is 1.45. The van der Waals surface area contributed by atoms with Crippen LogP contribution in [0.4, 0.5) is 0 Å². The molecular formula is C11H10BrNO3. The molecule has 1 aromatic carbocycles. The Labute approximate surface area is 101 Å². The number of methoxy groups -OCH3 is 1. The van der Waals surface area contributed by atoms with Gasteiger partial charge in [0, 0.05) is 18.6 Å². The molecule has 0 N–H and O–H groups in total. The largest absolute Gasteiger partial charge is 0.618 e. The smallest absolute Gasteiger partial charge is 0.227 e. The molecule has 0 aliphatic rings. The summed E-state index contributed by atoms with van der Waals surface area (Å²) in [6, 6.07) is 7.10. The topological polar surface area (TPSA) is 45.4 Å². The molecule has 0 atom stereocenters. The number of benzene rings is 1. The van der Waals surface area contributed by atoms with E-state index < -0.39 is 0 Å². The normalized spacial score (nSPS) is 10.6. The predicted octanol–water partition coefficient (Wildman–Crippen LogP) is 2.22. The summed E-state index contributed by atoms with van der Waals surface area (Å²) < 4.78 is 11.7. The van der Waals surface area contributed by atoms with Crippen molar-refractivity contribution in [3.8, 4) is 5.75 Å². The molecule has 0 bridgehead atoms. The van der Waals surface area contributed by atoms with E-state index in [4.69, 9.17) is 9.47 Å². The highest BCUT2D eigenvalue weighted by molar-refractivity contribution is 9.10. The van der Waals surface area contributed by atoms with Crippen molar-refractivity contribution in [2.45, 2.75) is 0 Å². The molecule has 2 aromatic rings. The molecule has 16 heavy (non-hydrogen) atoms. The summed E-state index contributed by atoms with van der Waals surface area (Å²) in [5.74, 6) is 0.588. The molecule has 84 valence electrons. The second kappa shape index (κ2) is 4.67. The van der Waals surface area contributed by atoms with Crippen LogP contribution in [0.2, 0.25) is 0 Å². The van der Waals surface area contributed by atoms with Crippen molar-refractivity contribution >= 4 is 26.8 Å². The van der Waals surface area contributed by atoms with Crippen molar-refractivity contribution < 1.29 is 14.2 Å². The number of rotatable bonds is 3. The molecule has 0 amide bonds. The quantitative estimate of drug-likeness (QED) is 0.493. The van der Waals surface area contributed by atoms with E-state index in [1.165, 1.54) is 6.20 Å². The first-order chi connectivity index (χ1) is 7.72. The molecule has 0 fully saturated rings. The van der Waals surface area contributed by atoms with Crippen LogP contribution in [-0.4, -0.2) is 13.9 Å². The minimum absolute atomic E-state index is 0.149. The average Bonchev–Trinajstić information content (AvgIpc) is 2.27. The molecule has 1 aromatic heterocycles. The lowest BCUT2D eigenvalue weighted by Gasteiger charge is -2.08. The molecule has 4 nitrogen and oxygen atoms in total. The summed E-state index contributed by atoms with van der Waals surface area (Å²) in [6.45, 7) is 0.149. The van der Waals surface area contributed by atoms with Gasteiger partial charge in [0.1, 0.15) is 5.75 Å². The first-order valence-electron chi connectivity index (χ1n) is 4.65. The van der Waals surface area contributed by atoms with E-state index in [1.54, 1.807) is 19.2 Å². The van der Waals surface area contributed by atoms with Gasteiger partial charge < -0.3 is 14.7 Å². The predicted molar refractivity (Wildman–Crippen MR) is 63.1 cm³/mol. The first-order valence-corrected chi connectivity index (χ1v) is 5.45. The van der Waals surface area contributed by atoms with Crippen LogP contribution >= 0.6 is 15.9 Å². The fourth-order valence-corrected chi connectivity index (χ4v) is 1.90. The highest BCUT2D eigenvalue weighted by atomic mass is 79.9. The summed E-state index contributed by atoms with van der Waals surface area (Å²) in [5.41, 5.74) is 0.566. The van der Waals surface area contributed by atoms with Gasteiger partial charge in [-0.25, -0.2) is 0 Å². The van der Waals surface area contributed by atoms with Crippen LogP contribution in [0, 0.1) is 5.21 Å². The maximum Gasteiger partial charge on any atom is 0.227 e. The van der Waals surface area contributed by atoms with Crippen molar-refractivity contribution in [1.29, 1.82) is 0 Å². The number of nitrogens with zero attached hydrogens (tertiary/aromatic N) is 1. The van der Waals surface area contributed by atoms with Crippen molar-refractivity contribution in [2.75, 3.05) is 13.9 Å². The fourth-order valence-electron chi connectivity index (χ4n) is 1.42. The molecule has 0 saturated heterocycles. The van der Waals surface area contributed by atoms with Gasteiger partial charge in [0.2, 0.25) is 5.52 Å². The highest BCUT2D eigenvalue weighted by Crippen LogP contribution is 2.28. The van der Waals surface area contributed by atoms with Crippen LogP contribution in [0.5, 0.6) is 5.75 Å². The van der Waals surface area contributed by atoms with Crippen molar-refractivity contribution in [2.24, 2.45) is 0 Å². The summed E-state index contributed by atoms with van der Waals surface area (Å²) >= 11 is 3.38. The monoisotopic (exact) mass is 283 g/mol. The van der Waals surface area contributed by atoms with E-state index in [1.807, 2.05) is 12.1 Å². The lowest BCUT2D eigenvalue weighted by Crippen LogP contribution is -2.25. The minimum Gasteiger partial charge on any atom is -0.618 e. The third-order valence-electron chi connectivity index (χ3n) is 2.15. The number of ether oxygens (including phenoxy) is 2. The number of halogens is 1. The van der Waals surface area contributed by atoms with E-state index in [0.717, 1.165) is 14.6 Å². The average molecular weight is 284 g/mol. The number of hydrogen-bond acceptors (Lipinski definition) is 3. The molecule has 5 heteroatoms.